The molecule has 0 fully saturated rings. The van der Waals surface area contributed by atoms with Gasteiger partial charge in [0, 0.05) is 11.8 Å². The SMILES string of the molecule is Cc1ccc(NC(=O)/C(=C\c2ccco2)NC(=O)c2ccccc2Cl)cc1. The van der Waals surface area contributed by atoms with Crippen LogP contribution in [0, 0.1) is 6.92 Å². The van der Waals surface area contributed by atoms with Crippen LogP contribution in [0.5, 0.6) is 0 Å². The molecule has 0 radical (unpaired) electrons. The maximum absolute atomic E-state index is 12.7. The van der Waals surface area contributed by atoms with E-state index in [0.717, 1.165) is 5.56 Å². The van der Waals surface area contributed by atoms with Gasteiger partial charge in [0.15, 0.2) is 0 Å². The second-order valence-corrected chi connectivity index (χ2v) is 6.23. The van der Waals surface area contributed by atoms with Crippen molar-refractivity contribution in [2.75, 3.05) is 5.32 Å². The Kier molecular flexibility index (Phi) is 5.74. The molecule has 0 aliphatic heterocycles. The van der Waals surface area contributed by atoms with Gasteiger partial charge >= 0.3 is 0 Å². The molecule has 136 valence electrons. The predicted octanol–water partition coefficient (Wildman–Crippen LogP) is 4.65. The molecule has 0 aliphatic rings. The summed E-state index contributed by atoms with van der Waals surface area (Å²) in [6.45, 7) is 1.96. The number of benzene rings is 2. The fourth-order valence-electron chi connectivity index (χ4n) is 2.34. The lowest BCUT2D eigenvalue weighted by molar-refractivity contribution is -0.113. The Hall–Kier alpha value is -3.31. The zero-order valence-corrected chi connectivity index (χ0v) is 15.3. The van der Waals surface area contributed by atoms with Gasteiger partial charge in [-0.1, -0.05) is 41.4 Å². The average Bonchev–Trinajstić information content (AvgIpc) is 3.16. The van der Waals surface area contributed by atoms with E-state index in [9.17, 15) is 9.59 Å². The lowest BCUT2D eigenvalue weighted by Gasteiger charge is -2.11. The molecule has 0 saturated heterocycles. The molecule has 3 aromatic rings. The molecule has 6 heteroatoms. The topological polar surface area (TPSA) is 71.3 Å². The summed E-state index contributed by atoms with van der Waals surface area (Å²) in [6.07, 6.45) is 2.94. The Morgan fingerprint density at radius 3 is 2.41 bits per heavy atom. The average molecular weight is 381 g/mol. The van der Waals surface area contributed by atoms with E-state index in [0.29, 0.717) is 16.5 Å². The first-order valence-corrected chi connectivity index (χ1v) is 8.60. The van der Waals surface area contributed by atoms with E-state index in [-0.39, 0.29) is 11.3 Å². The summed E-state index contributed by atoms with van der Waals surface area (Å²) in [6, 6.07) is 17.3. The first-order valence-electron chi connectivity index (χ1n) is 8.22. The van der Waals surface area contributed by atoms with Crippen LogP contribution in [0.4, 0.5) is 5.69 Å². The Morgan fingerprint density at radius 2 is 1.74 bits per heavy atom. The molecule has 27 heavy (non-hydrogen) atoms. The third-order valence-electron chi connectivity index (χ3n) is 3.75. The molecular weight excluding hydrogens is 364 g/mol. The van der Waals surface area contributed by atoms with Crippen molar-refractivity contribution in [1.82, 2.24) is 5.32 Å². The van der Waals surface area contributed by atoms with Gasteiger partial charge < -0.3 is 15.1 Å². The van der Waals surface area contributed by atoms with Crippen molar-refractivity contribution < 1.29 is 14.0 Å². The van der Waals surface area contributed by atoms with Gasteiger partial charge in [0.25, 0.3) is 11.8 Å². The summed E-state index contributed by atoms with van der Waals surface area (Å²) in [5, 5.41) is 5.66. The minimum Gasteiger partial charge on any atom is -0.465 e. The molecule has 2 N–H and O–H groups in total. The van der Waals surface area contributed by atoms with Crippen molar-refractivity contribution in [2.45, 2.75) is 6.92 Å². The number of halogens is 1. The van der Waals surface area contributed by atoms with Gasteiger partial charge in [-0.25, -0.2) is 0 Å². The maximum atomic E-state index is 12.7. The number of rotatable bonds is 5. The van der Waals surface area contributed by atoms with Crippen molar-refractivity contribution in [3.8, 4) is 0 Å². The Bertz CT molecular complexity index is 977. The van der Waals surface area contributed by atoms with Gasteiger partial charge in [-0.2, -0.15) is 0 Å². The first-order chi connectivity index (χ1) is 13.0. The Morgan fingerprint density at radius 1 is 1.00 bits per heavy atom. The zero-order chi connectivity index (χ0) is 19.2. The molecule has 0 unspecified atom stereocenters. The monoisotopic (exact) mass is 380 g/mol. The number of aryl methyl sites for hydroxylation is 1. The number of furan rings is 1. The zero-order valence-electron chi connectivity index (χ0n) is 14.5. The quantitative estimate of drug-likeness (QED) is 0.633. The van der Waals surface area contributed by atoms with Crippen LogP contribution < -0.4 is 10.6 Å². The number of anilines is 1. The standard InChI is InChI=1S/C21H17ClN2O3/c1-14-8-10-15(11-9-14)23-21(26)19(13-16-5-4-12-27-16)24-20(25)17-6-2-3-7-18(17)22/h2-13H,1H3,(H,23,26)(H,24,25)/b19-13+. The van der Waals surface area contributed by atoms with E-state index in [2.05, 4.69) is 10.6 Å². The summed E-state index contributed by atoms with van der Waals surface area (Å²) in [5.74, 6) is -0.531. The second-order valence-electron chi connectivity index (χ2n) is 5.83. The molecule has 1 heterocycles. The highest BCUT2D eigenvalue weighted by atomic mass is 35.5. The molecule has 2 aromatic carbocycles. The third kappa shape index (κ3) is 4.86. The highest BCUT2D eigenvalue weighted by Crippen LogP contribution is 2.16. The van der Waals surface area contributed by atoms with Crippen molar-refractivity contribution in [1.29, 1.82) is 0 Å². The molecule has 5 nitrogen and oxygen atoms in total. The van der Waals surface area contributed by atoms with Gasteiger partial charge in [0.2, 0.25) is 0 Å². The third-order valence-corrected chi connectivity index (χ3v) is 4.08. The van der Waals surface area contributed by atoms with E-state index in [4.69, 9.17) is 16.0 Å². The summed E-state index contributed by atoms with van der Waals surface area (Å²) < 4.78 is 5.26. The number of carbonyl (C=O) groups is 2. The van der Waals surface area contributed by atoms with Crippen LogP contribution in [0.15, 0.2) is 77.0 Å². The molecule has 0 saturated carbocycles. The molecule has 0 bridgehead atoms. The molecule has 3 rings (SSSR count). The number of amides is 2. The van der Waals surface area contributed by atoms with Gasteiger partial charge in [-0.05, 0) is 43.3 Å². The molecule has 2 amide bonds. The van der Waals surface area contributed by atoms with Gasteiger partial charge in [-0.15, -0.1) is 0 Å². The summed E-state index contributed by atoms with van der Waals surface area (Å²) in [7, 11) is 0. The van der Waals surface area contributed by atoms with Gasteiger partial charge in [0.05, 0.1) is 16.8 Å². The number of nitrogens with one attached hydrogen (secondary N) is 2. The van der Waals surface area contributed by atoms with Gasteiger partial charge in [0.1, 0.15) is 11.5 Å². The minimum absolute atomic E-state index is 0.0374. The molecular formula is C21H17ClN2O3. The van der Waals surface area contributed by atoms with E-state index in [1.165, 1.54) is 12.3 Å². The Balaban J connectivity index is 1.85. The van der Waals surface area contributed by atoms with E-state index < -0.39 is 11.8 Å². The number of carbonyl (C=O) groups excluding carboxylic acids is 2. The van der Waals surface area contributed by atoms with E-state index in [1.807, 2.05) is 19.1 Å². The van der Waals surface area contributed by atoms with E-state index in [1.54, 1.807) is 48.5 Å². The number of hydrogen-bond donors (Lipinski definition) is 2. The van der Waals surface area contributed by atoms with Crippen LogP contribution >= 0.6 is 11.6 Å². The summed E-state index contributed by atoms with van der Waals surface area (Å²) in [5.41, 5.74) is 2.00. The fraction of sp³-hybridized carbons (Fsp3) is 0.0476. The predicted molar refractivity (Wildman–Crippen MR) is 105 cm³/mol. The van der Waals surface area contributed by atoms with Crippen molar-refractivity contribution in [3.63, 3.8) is 0 Å². The molecule has 0 aliphatic carbocycles. The fourth-order valence-corrected chi connectivity index (χ4v) is 2.57. The lowest BCUT2D eigenvalue weighted by atomic mass is 10.2. The van der Waals surface area contributed by atoms with Crippen LogP contribution in [-0.4, -0.2) is 11.8 Å². The van der Waals surface area contributed by atoms with Crippen molar-refractivity contribution >= 4 is 35.2 Å². The van der Waals surface area contributed by atoms with E-state index >= 15 is 0 Å². The van der Waals surface area contributed by atoms with Crippen LogP contribution in [-0.2, 0) is 4.79 Å². The molecule has 1 aromatic heterocycles. The van der Waals surface area contributed by atoms with Crippen LogP contribution in [0.25, 0.3) is 6.08 Å². The first kappa shape index (κ1) is 18.5. The normalized spacial score (nSPS) is 11.1. The Labute approximate surface area is 161 Å². The van der Waals surface area contributed by atoms with Crippen LogP contribution in [0.3, 0.4) is 0 Å². The molecule has 0 atom stereocenters. The van der Waals surface area contributed by atoms with Crippen molar-refractivity contribution in [3.05, 3.63) is 94.5 Å². The van der Waals surface area contributed by atoms with Crippen LogP contribution in [0.2, 0.25) is 5.02 Å². The lowest BCUT2D eigenvalue weighted by Crippen LogP contribution is -2.30. The summed E-state index contributed by atoms with van der Waals surface area (Å²) in [4.78, 5) is 25.3. The smallest absolute Gasteiger partial charge is 0.272 e. The maximum Gasteiger partial charge on any atom is 0.272 e. The molecule has 0 spiro atoms. The van der Waals surface area contributed by atoms with Crippen LogP contribution in [0.1, 0.15) is 21.7 Å². The number of hydrogen-bond acceptors (Lipinski definition) is 3. The minimum atomic E-state index is -0.488. The largest absolute Gasteiger partial charge is 0.465 e. The summed E-state index contributed by atoms with van der Waals surface area (Å²) >= 11 is 6.07. The highest BCUT2D eigenvalue weighted by Gasteiger charge is 2.17. The van der Waals surface area contributed by atoms with Gasteiger partial charge in [-0.3, -0.25) is 9.59 Å². The second kappa shape index (κ2) is 8.38. The highest BCUT2D eigenvalue weighted by molar-refractivity contribution is 6.34. The van der Waals surface area contributed by atoms with Crippen molar-refractivity contribution in [2.24, 2.45) is 0 Å².